The third-order valence-corrected chi connectivity index (χ3v) is 4.36. The molecule has 0 aromatic heterocycles. The molecule has 3 rings (SSSR count). The number of hydrogen-bond acceptors (Lipinski definition) is 1. The number of aliphatic hydroxyl groups excluding tert-OH is 1. The van der Waals surface area contributed by atoms with Crippen molar-refractivity contribution in [3.8, 4) is 0 Å². The van der Waals surface area contributed by atoms with E-state index in [9.17, 15) is 13.9 Å². The molecule has 3 unspecified atom stereocenters. The van der Waals surface area contributed by atoms with Crippen molar-refractivity contribution in [3.63, 3.8) is 0 Å². The summed E-state index contributed by atoms with van der Waals surface area (Å²) < 4.78 is 26.2. The van der Waals surface area contributed by atoms with E-state index in [4.69, 9.17) is 0 Å². The average Bonchev–Trinajstić information content (AvgIpc) is 2.77. The number of benzene rings is 1. The zero-order chi connectivity index (χ0) is 12.0. The van der Waals surface area contributed by atoms with Crippen LogP contribution in [0.15, 0.2) is 18.2 Å². The van der Waals surface area contributed by atoms with Crippen molar-refractivity contribution in [1.82, 2.24) is 0 Å². The van der Waals surface area contributed by atoms with Crippen molar-refractivity contribution >= 4 is 0 Å². The zero-order valence-corrected chi connectivity index (χ0v) is 9.57. The summed E-state index contributed by atoms with van der Waals surface area (Å²) in [4.78, 5) is 0. The van der Waals surface area contributed by atoms with Crippen molar-refractivity contribution < 1.29 is 13.9 Å². The Hall–Kier alpha value is -0.960. The zero-order valence-electron chi connectivity index (χ0n) is 9.57. The summed E-state index contributed by atoms with van der Waals surface area (Å²) >= 11 is 0. The quantitative estimate of drug-likeness (QED) is 0.858. The van der Waals surface area contributed by atoms with Crippen LogP contribution in [0.2, 0.25) is 0 Å². The lowest BCUT2D eigenvalue weighted by Crippen LogP contribution is -2.17. The van der Waals surface area contributed by atoms with Gasteiger partial charge in [0.2, 0.25) is 0 Å². The van der Waals surface area contributed by atoms with Gasteiger partial charge in [0.15, 0.2) is 0 Å². The third-order valence-electron chi connectivity index (χ3n) is 4.36. The Morgan fingerprint density at radius 3 is 2.59 bits per heavy atom. The van der Waals surface area contributed by atoms with Gasteiger partial charge in [-0.2, -0.15) is 0 Å². The molecule has 2 aliphatic rings. The van der Waals surface area contributed by atoms with Crippen LogP contribution >= 0.6 is 0 Å². The topological polar surface area (TPSA) is 20.2 Å². The Morgan fingerprint density at radius 1 is 1.24 bits per heavy atom. The normalized spacial score (nSPS) is 32.3. The van der Waals surface area contributed by atoms with Crippen LogP contribution in [0.5, 0.6) is 0 Å². The molecule has 2 fully saturated rings. The van der Waals surface area contributed by atoms with Gasteiger partial charge in [-0.1, -0.05) is 12.5 Å². The monoisotopic (exact) mass is 238 g/mol. The highest BCUT2D eigenvalue weighted by molar-refractivity contribution is 5.20. The fourth-order valence-corrected chi connectivity index (χ4v) is 3.50. The van der Waals surface area contributed by atoms with Gasteiger partial charge in [0.1, 0.15) is 11.6 Å². The van der Waals surface area contributed by atoms with Gasteiger partial charge in [-0.05, 0) is 42.2 Å². The first-order valence-corrected chi connectivity index (χ1v) is 6.29. The Morgan fingerprint density at radius 2 is 1.94 bits per heavy atom. The maximum absolute atomic E-state index is 13.4. The molecule has 1 N–H and O–H groups in total. The minimum absolute atomic E-state index is 0.309. The van der Waals surface area contributed by atoms with Crippen LogP contribution in [0.4, 0.5) is 8.78 Å². The molecule has 0 aliphatic heterocycles. The van der Waals surface area contributed by atoms with Crippen LogP contribution in [-0.4, -0.2) is 11.2 Å². The van der Waals surface area contributed by atoms with Crippen molar-refractivity contribution in [3.05, 3.63) is 35.4 Å². The summed E-state index contributed by atoms with van der Waals surface area (Å²) in [5, 5.41) is 10.1. The Balaban J connectivity index is 1.66. The molecule has 0 saturated heterocycles. The van der Waals surface area contributed by atoms with Gasteiger partial charge in [0.05, 0.1) is 6.10 Å². The lowest BCUT2D eigenvalue weighted by atomic mass is 9.99. The van der Waals surface area contributed by atoms with Crippen LogP contribution in [0, 0.1) is 29.4 Å². The number of hydrogen-bond donors (Lipinski definition) is 1. The highest BCUT2D eigenvalue weighted by atomic mass is 19.1. The van der Waals surface area contributed by atoms with Gasteiger partial charge in [-0.25, -0.2) is 8.78 Å². The Kier molecular flexibility index (Phi) is 2.66. The molecule has 0 amide bonds. The van der Waals surface area contributed by atoms with E-state index in [1.165, 1.54) is 31.4 Å². The molecule has 0 radical (unpaired) electrons. The largest absolute Gasteiger partial charge is 0.392 e. The van der Waals surface area contributed by atoms with Gasteiger partial charge in [0.25, 0.3) is 0 Å². The summed E-state index contributed by atoms with van der Waals surface area (Å²) in [5.74, 6) is 0.564. The van der Waals surface area contributed by atoms with Crippen LogP contribution in [0.3, 0.4) is 0 Å². The van der Waals surface area contributed by atoms with Crippen molar-refractivity contribution in [2.75, 3.05) is 0 Å². The molecule has 0 spiro atoms. The Labute approximate surface area is 99.5 Å². The van der Waals surface area contributed by atoms with Gasteiger partial charge in [-0.3, -0.25) is 0 Å². The Bertz CT molecular complexity index is 422. The van der Waals surface area contributed by atoms with E-state index in [0.717, 1.165) is 6.07 Å². The fourth-order valence-electron chi connectivity index (χ4n) is 3.50. The molecule has 0 bridgehead atoms. The van der Waals surface area contributed by atoms with E-state index in [1.54, 1.807) is 0 Å². The van der Waals surface area contributed by atoms with Gasteiger partial charge >= 0.3 is 0 Å². The molecular weight excluding hydrogens is 222 g/mol. The predicted molar refractivity (Wildman–Crippen MR) is 60.4 cm³/mol. The van der Waals surface area contributed by atoms with Gasteiger partial charge in [0, 0.05) is 12.5 Å². The molecule has 0 heterocycles. The minimum Gasteiger partial charge on any atom is -0.392 e. The molecule has 2 saturated carbocycles. The predicted octanol–water partition coefficient (Wildman–Crippen LogP) is 2.91. The van der Waals surface area contributed by atoms with E-state index in [0.29, 0.717) is 29.7 Å². The first kappa shape index (κ1) is 11.1. The summed E-state index contributed by atoms with van der Waals surface area (Å²) in [6.45, 7) is 0. The highest BCUT2D eigenvalue weighted by Crippen LogP contribution is 2.59. The second-order valence-electron chi connectivity index (χ2n) is 5.34. The maximum atomic E-state index is 13.4. The summed E-state index contributed by atoms with van der Waals surface area (Å²) in [5.41, 5.74) is 0.420. The van der Waals surface area contributed by atoms with E-state index in [1.807, 2.05) is 0 Å². The number of rotatable bonds is 3. The lowest BCUT2D eigenvalue weighted by Gasteiger charge is -2.13. The molecule has 1 nitrogen and oxygen atoms in total. The summed E-state index contributed by atoms with van der Waals surface area (Å²) in [7, 11) is 0. The van der Waals surface area contributed by atoms with Crippen LogP contribution in [-0.2, 0) is 6.42 Å². The highest BCUT2D eigenvalue weighted by Gasteiger charge is 2.55. The lowest BCUT2D eigenvalue weighted by molar-refractivity contribution is 0.134. The molecular formula is C14H16F2O. The molecule has 2 aliphatic carbocycles. The van der Waals surface area contributed by atoms with E-state index in [2.05, 4.69) is 0 Å². The maximum Gasteiger partial charge on any atom is 0.129 e. The smallest absolute Gasteiger partial charge is 0.129 e. The summed E-state index contributed by atoms with van der Waals surface area (Å²) in [6.07, 6.45) is 3.52. The molecule has 3 atom stereocenters. The fraction of sp³-hybridized carbons (Fsp3) is 0.571. The molecule has 17 heavy (non-hydrogen) atoms. The minimum atomic E-state index is -0.566. The number of aliphatic hydroxyl groups is 1. The van der Waals surface area contributed by atoms with E-state index >= 15 is 0 Å². The second kappa shape index (κ2) is 4.05. The van der Waals surface area contributed by atoms with Gasteiger partial charge in [-0.15, -0.1) is 0 Å². The first-order chi connectivity index (χ1) is 8.16. The SMILES string of the molecule is OC(Cc1ccc(F)cc1F)C1C2CCCC21. The second-order valence-corrected chi connectivity index (χ2v) is 5.34. The number of halogens is 2. The van der Waals surface area contributed by atoms with E-state index < -0.39 is 17.7 Å². The number of fused-ring (bicyclic) bond motifs is 1. The average molecular weight is 238 g/mol. The standard InChI is InChI=1S/C14H16F2O/c15-9-5-4-8(12(16)7-9)6-13(17)14-10-2-1-3-11(10)14/h4-5,7,10-11,13-14,17H,1-3,6H2. The molecule has 92 valence electrons. The van der Waals surface area contributed by atoms with Crippen molar-refractivity contribution in [2.45, 2.75) is 31.8 Å². The van der Waals surface area contributed by atoms with Gasteiger partial charge < -0.3 is 5.11 Å². The van der Waals surface area contributed by atoms with Crippen LogP contribution in [0.25, 0.3) is 0 Å². The van der Waals surface area contributed by atoms with E-state index in [-0.39, 0.29) is 0 Å². The third kappa shape index (κ3) is 1.97. The molecule has 1 aromatic carbocycles. The molecule has 1 aromatic rings. The van der Waals surface area contributed by atoms with Crippen LogP contribution in [0.1, 0.15) is 24.8 Å². The first-order valence-electron chi connectivity index (χ1n) is 6.29. The van der Waals surface area contributed by atoms with Crippen LogP contribution < -0.4 is 0 Å². The summed E-state index contributed by atoms with van der Waals surface area (Å²) in [6, 6.07) is 3.57. The van der Waals surface area contributed by atoms with Crippen molar-refractivity contribution in [1.29, 1.82) is 0 Å². The van der Waals surface area contributed by atoms with Crippen molar-refractivity contribution in [2.24, 2.45) is 17.8 Å². The molecule has 3 heteroatoms.